The molecule has 0 spiro atoms. The second-order valence-corrected chi connectivity index (χ2v) is 3.53. The summed E-state index contributed by atoms with van der Waals surface area (Å²) in [6.07, 6.45) is -3.68. The Bertz CT molecular complexity index is 496. The first-order valence-electron chi connectivity index (χ1n) is 4.55. The molecule has 0 amide bonds. The van der Waals surface area contributed by atoms with Crippen LogP contribution < -0.4 is 0 Å². The minimum absolute atomic E-state index is 0.439. The highest BCUT2D eigenvalue weighted by molar-refractivity contribution is 6.29. The summed E-state index contributed by atoms with van der Waals surface area (Å²) in [5.41, 5.74) is -1.20. The highest BCUT2D eigenvalue weighted by atomic mass is 35.5. The number of hydrogen-bond donors (Lipinski definition) is 0. The molecule has 0 aromatic carbocycles. The number of rotatable bonds is 4. The van der Waals surface area contributed by atoms with Crippen molar-refractivity contribution in [2.24, 2.45) is 0 Å². The number of nitro groups is 1. The van der Waals surface area contributed by atoms with Crippen molar-refractivity contribution in [3.8, 4) is 0 Å². The molecule has 0 fully saturated rings. The van der Waals surface area contributed by atoms with Gasteiger partial charge in [-0.05, 0) is 21.5 Å². The zero-order valence-corrected chi connectivity index (χ0v) is 9.78. The summed E-state index contributed by atoms with van der Waals surface area (Å²) in [5.74, 6) is -1.76. The van der Waals surface area contributed by atoms with Crippen LogP contribution in [0.3, 0.4) is 0 Å². The molecule has 0 bridgehead atoms. The fraction of sp³-hybridized carbons (Fsp3) is 0.333. The third-order valence-electron chi connectivity index (χ3n) is 2.06. The molecule has 0 aliphatic carbocycles. The molecule has 0 saturated carbocycles. The first-order valence-corrected chi connectivity index (χ1v) is 4.93. The van der Waals surface area contributed by atoms with Crippen molar-refractivity contribution in [2.45, 2.75) is 12.8 Å². The maximum Gasteiger partial charge on any atom is 0.369 e. The van der Waals surface area contributed by atoms with Crippen molar-refractivity contribution in [1.29, 1.82) is 0 Å². The topological polar surface area (TPSA) is 82.3 Å². The molecule has 1 aromatic rings. The van der Waals surface area contributed by atoms with Gasteiger partial charge in [0, 0.05) is 11.6 Å². The van der Waals surface area contributed by atoms with Crippen LogP contribution in [0.1, 0.15) is 17.6 Å². The van der Waals surface area contributed by atoms with Gasteiger partial charge in [-0.3, -0.25) is 4.79 Å². The fourth-order valence-corrected chi connectivity index (χ4v) is 1.49. The van der Waals surface area contributed by atoms with Crippen molar-refractivity contribution in [1.82, 2.24) is 4.98 Å². The Hall–Kier alpha value is -1.83. The molecular weight excluding hydrogens is 274 g/mol. The molecule has 0 radical (unpaired) electrons. The van der Waals surface area contributed by atoms with E-state index in [0.717, 1.165) is 13.2 Å². The number of carbonyl (C=O) groups excluding carboxylic acids is 1. The van der Waals surface area contributed by atoms with Gasteiger partial charge in [0.2, 0.25) is 5.15 Å². The van der Waals surface area contributed by atoms with E-state index in [-0.39, 0.29) is 0 Å². The Morgan fingerprint density at radius 2 is 2.28 bits per heavy atom. The van der Waals surface area contributed by atoms with Crippen LogP contribution in [0.25, 0.3) is 0 Å². The first-order chi connectivity index (χ1) is 8.36. The molecule has 6 nitrogen and oxygen atoms in total. The molecule has 0 saturated heterocycles. The Morgan fingerprint density at radius 1 is 1.67 bits per heavy atom. The normalized spacial score (nSPS) is 10.5. The number of nitrogens with zero attached hydrogens (tertiary/aromatic N) is 2. The lowest BCUT2D eigenvalue weighted by Gasteiger charge is -2.08. The van der Waals surface area contributed by atoms with Crippen molar-refractivity contribution in [3.05, 3.63) is 32.5 Å². The Labute approximate surface area is 105 Å². The number of methoxy groups -OCH3 is 1. The number of ether oxygens (including phenoxy) is 1. The smallest absolute Gasteiger partial charge is 0.369 e. The van der Waals surface area contributed by atoms with E-state index in [9.17, 15) is 23.7 Å². The van der Waals surface area contributed by atoms with Gasteiger partial charge in [-0.2, -0.15) is 0 Å². The molecule has 0 N–H and O–H groups in total. The highest BCUT2D eigenvalue weighted by Gasteiger charge is 2.28. The third-order valence-corrected chi connectivity index (χ3v) is 2.26. The molecule has 1 aromatic heterocycles. The Balaban J connectivity index is 3.40. The summed E-state index contributed by atoms with van der Waals surface area (Å²) in [7, 11) is 1.04. The summed E-state index contributed by atoms with van der Waals surface area (Å²) in [5, 5.41) is 10.3. The second kappa shape index (κ2) is 5.67. The molecular formula is C9H7ClF2N2O4. The minimum Gasteiger partial charge on any atom is -0.469 e. The summed E-state index contributed by atoms with van der Waals surface area (Å²) in [6.45, 7) is 0. The van der Waals surface area contributed by atoms with E-state index in [1.54, 1.807) is 0 Å². The predicted molar refractivity (Wildman–Crippen MR) is 56.6 cm³/mol. The van der Waals surface area contributed by atoms with Crippen LogP contribution in [0.15, 0.2) is 6.07 Å². The number of aromatic nitrogens is 1. The average Bonchev–Trinajstić information content (AvgIpc) is 2.29. The number of pyridine rings is 1. The van der Waals surface area contributed by atoms with E-state index in [4.69, 9.17) is 11.6 Å². The van der Waals surface area contributed by atoms with Crippen molar-refractivity contribution < 1.29 is 23.2 Å². The number of halogens is 3. The van der Waals surface area contributed by atoms with Crippen LogP contribution in [0, 0.1) is 10.1 Å². The SMILES string of the molecule is COC(=O)Cc1c(C(F)F)cc(Cl)nc1[N+](=O)[O-]. The van der Waals surface area contributed by atoms with Crippen molar-refractivity contribution in [2.75, 3.05) is 7.11 Å². The third kappa shape index (κ3) is 3.10. The zero-order valence-electron chi connectivity index (χ0n) is 9.02. The number of carbonyl (C=O) groups is 1. The maximum atomic E-state index is 12.7. The number of alkyl halides is 2. The molecule has 1 heterocycles. The van der Waals surface area contributed by atoms with Crippen molar-refractivity contribution >= 4 is 23.4 Å². The van der Waals surface area contributed by atoms with Gasteiger partial charge in [0.15, 0.2) is 0 Å². The Morgan fingerprint density at radius 3 is 2.72 bits per heavy atom. The molecule has 0 atom stereocenters. The van der Waals surface area contributed by atoms with Crippen LogP contribution >= 0.6 is 11.6 Å². The van der Waals surface area contributed by atoms with E-state index >= 15 is 0 Å². The number of hydrogen-bond acceptors (Lipinski definition) is 5. The monoisotopic (exact) mass is 280 g/mol. The summed E-state index contributed by atoms with van der Waals surface area (Å²) in [4.78, 5) is 24.1. The van der Waals surface area contributed by atoms with Gasteiger partial charge in [-0.25, -0.2) is 8.78 Å². The van der Waals surface area contributed by atoms with E-state index in [1.165, 1.54) is 0 Å². The van der Waals surface area contributed by atoms with Crippen LogP contribution in [-0.4, -0.2) is 23.0 Å². The summed E-state index contributed by atoms with van der Waals surface area (Å²) in [6, 6.07) is 0.789. The van der Waals surface area contributed by atoms with Gasteiger partial charge in [-0.15, -0.1) is 0 Å². The highest BCUT2D eigenvalue weighted by Crippen LogP contribution is 2.31. The molecule has 0 unspecified atom stereocenters. The lowest BCUT2D eigenvalue weighted by atomic mass is 10.1. The zero-order chi connectivity index (χ0) is 13.9. The van der Waals surface area contributed by atoms with Gasteiger partial charge in [0.05, 0.1) is 19.1 Å². The largest absolute Gasteiger partial charge is 0.469 e. The quantitative estimate of drug-likeness (QED) is 0.366. The molecule has 1 rings (SSSR count). The maximum absolute atomic E-state index is 12.7. The number of esters is 1. The lowest BCUT2D eigenvalue weighted by Crippen LogP contribution is -2.11. The van der Waals surface area contributed by atoms with E-state index in [2.05, 4.69) is 9.72 Å². The fourth-order valence-electron chi connectivity index (χ4n) is 1.29. The van der Waals surface area contributed by atoms with Gasteiger partial charge in [0.25, 0.3) is 6.43 Å². The van der Waals surface area contributed by atoms with Crippen molar-refractivity contribution in [3.63, 3.8) is 0 Å². The van der Waals surface area contributed by atoms with Crippen LogP contribution in [0.5, 0.6) is 0 Å². The van der Waals surface area contributed by atoms with Crippen LogP contribution in [0.4, 0.5) is 14.6 Å². The summed E-state index contributed by atoms with van der Waals surface area (Å²) < 4.78 is 29.8. The molecule has 9 heteroatoms. The predicted octanol–water partition coefficient (Wildman–Crippen LogP) is 2.30. The molecule has 98 valence electrons. The van der Waals surface area contributed by atoms with E-state index < -0.39 is 45.8 Å². The standard InChI is InChI=1S/C9H7ClF2N2O4/c1-18-7(15)3-5-4(8(11)12)2-6(10)13-9(5)14(16)17/h2,8H,3H2,1H3. The van der Waals surface area contributed by atoms with Gasteiger partial charge in [-0.1, -0.05) is 0 Å². The van der Waals surface area contributed by atoms with Gasteiger partial charge < -0.3 is 14.9 Å². The van der Waals surface area contributed by atoms with E-state index in [0.29, 0.717) is 0 Å². The minimum atomic E-state index is -3.01. The summed E-state index contributed by atoms with van der Waals surface area (Å²) >= 11 is 5.42. The van der Waals surface area contributed by atoms with Gasteiger partial charge >= 0.3 is 11.8 Å². The first kappa shape index (κ1) is 14.2. The van der Waals surface area contributed by atoms with Crippen LogP contribution in [0.2, 0.25) is 5.15 Å². The molecule has 18 heavy (non-hydrogen) atoms. The van der Waals surface area contributed by atoms with Crippen LogP contribution in [-0.2, 0) is 16.0 Å². The average molecular weight is 281 g/mol. The van der Waals surface area contributed by atoms with E-state index in [1.807, 2.05) is 0 Å². The lowest BCUT2D eigenvalue weighted by molar-refractivity contribution is -0.390. The second-order valence-electron chi connectivity index (χ2n) is 3.15. The van der Waals surface area contributed by atoms with Gasteiger partial charge in [0.1, 0.15) is 0 Å². The molecule has 0 aliphatic heterocycles. The Kier molecular flexibility index (Phi) is 4.49. The molecule has 0 aliphatic rings.